The molecule has 0 saturated carbocycles. The van der Waals surface area contributed by atoms with Crippen molar-refractivity contribution >= 4 is 0 Å². The predicted molar refractivity (Wildman–Crippen MR) is 88.2 cm³/mol. The van der Waals surface area contributed by atoms with Gasteiger partial charge in [-0.1, -0.05) is 56.3 Å². The van der Waals surface area contributed by atoms with Gasteiger partial charge in [-0.05, 0) is 12.0 Å². The van der Waals surface area contributed by atoms with Gasteiger partial charge in [-0.2, -0.15) is 4.98 Å². The third-order valence-corrected chi connectivity index (χ3v) is 4.03. The first-order valence-corrected chi connectivity index (χ1v) is 8.21. The molecule has 2 heterocycles. The molecule has 1 aromatic heterocycles. The monoisotopic (exact) mass is 315 g/mol. The summed E-state index contributed by atoms with van der Waals surface area (Å²) >= 11 is 0. The summed E-state index contributed by atoms with van der Waals surface area (Å²) in [6.45, 7) is 9.50. The minimum Gasteiger partial charge on any atom is -0.375 e. The molecule has 0 bridgehead atoms. The van der Waals surface area contributed by atoms with Gasteiger partial charge in [0.15, 0.2) is 5.82 Å². The Labute approximate surface area is 137 Å². The summed E-state index contributed by atoms with van der Waals surface area (Å²) in [5.74, 6) is 1.46. The summed E-state index contributed by atoms with van der Waals surface area (Å²) in [6.07, 6.45) is 1.16. The quantitative estimate of drug-likeness (QED) is 0.868. The van der Waals surface area contributed by atoms with Crippen molar-refractivity contribution in [1.29, 1.82) is 0 Å². The Balaban J connectivity index is 1.57. The Morgan fingerprint density at radius 3 is 2.70 bits per heavy atom. The summed E-state index contributed by atoms with van der Waals surface area (Å²) in [4.78, 5) is 6.85. The number of hydrogen-bond acceptors (Lipinski definition) is 5. The normalized spacial score (nSPS) is 19.9. The van der Waals surface area contributed by atoms with Crippen LogP contribution < -0.4 is 0 Å². The van der Waals surface area contributed by atoms with Crippen molar-refractivity contribution in [3.8, 4) is 0 Å². The van der Waals surface area contributed by atoms with Crippen LogP contribution in [-0.2, 0) is 23.1 Å². The molecule has 0 amide bonds. The minimum absolute atomic E-state index is 0.0808. The smallest absolute Gasteiger partial charge is 0.240 e. The number of ether oxygens (including phenoxy) is 1. The van der Waals surface area contributed by atoms with Crippen LogP contribution in [0.1, 0.15) is 38.0 Å². The van der Waals surface area contributed by atoms with Crippen molar-refractivity contribution in [2.45, 2.75) is 45.3 Å². The van der Waals surface area contributed by atoms with Gasteiger partial charge >= 0.3 is 0 Å². The molecule has 5 nitrogen and oxygen atoms in total. The zero-order valence-electron chi connectivity index (χ0n) is 14.2. The van der Waals surface area contributed by atoms with Gasteiger partial charge in [0, 0.05) is 18.5 Å². The van der Waals surface area contributed by atoms with Crippen molar-refractivity contribution in [3.63, 3.8) is 0 Å². The molecule has 0 N–H and O–H groups in total. The van der Waals surface area contributed by atoms with Crippen molar-refractivity contribution < 1.29 is 9.26 Å². The molecule has 23 heavy (non-hydrogen) atoms. The van der Waals surface area contributed by atoms with Gasteiger partial charge < -0.3 is 9.26 Å². The van der Waals surface area contributed by atoms with Crippen LogP contribution in [0.3, 0.4) is 0 Å². The maximum atomic E-state index is 5.90. The first-order chi connectivity index (χ1) is 11.0. The van der Waals surface area contributed by atoms with E-state index >= 15 is 0 Å². The van der Waals surface area contributed by atoms with E-state index < -0.39 is 0 Å². The first-order valence-electron chi connectivity index (χ1n) is 8.21. The molecule has 1 aromatic carbocycles. The van der Waals surface area contributed by atoms with Crippen LogP contribution in [0.25, 0.3) is 0 Å². The molecule has 1 atom stereocenters. The molecule has 1 aliphatic rings. The molecule has 0 unspecified atom stereocenters. The summed E-state index contributed by atoms with van der Waals surface area (Å²) in [6, 6.07) is 10.5. The average Bonchev–Trinajstić information content (AvgIpc) is 2.97. The number of aromatic nitrogens is 2. The molecule has 2 aromatic rings. The molecule has 1 fully saturated rings. The van der Waals surface area contributed by atoms with E-state index in [0.717, 1.165) is 31.9 Å². The summed E-state index contributed by atoms with van der Waals surface area (Å²) in [5, 5.41) is 4.10. The van der Waals surface area contributed by atoms with E-state index in [4.69, 9.17) is 9.26 Å². The fraction of sp³-hybridized carbons (Fsp3) is 0.556. The SMILES string of the molecule is CC(C)(C)c1noc(CN2CCO[C@H](Cc3ccccc3)C2)n1. The zero-order chi connectivity index (χ0) is 16.3. The number of nitrogens with zero attached hydrogens (tertiary/aromatic N) is 3. The molecule has 1 saturated heterocycles. The van der Waals surface area contributed by atoms with Gasteiger partial charge in [-0.15, -0.1) is 0 Å². The lowest BCUT2D eigenvalue weighted by Crippen LogP contribution is -2.42. The fourth-order valence-electron chi connectivity index (χ4n) is 2.74. The maximum absolute atomic E-state index is 5.90. The number of benzene rings is 1. The lowest BCUT2D eigenvalue weighted by molar-refractivity contribution is -0.0331. The molecule has 3 rings (SSSR count). The number of rotatable bonds is 4. The first kappa shape index (κ1) is 16.1. The highest BCUT2D eigenvalue weighted by Gasteiger charge is 2.25. The van der Waals surface area contributed by atoms with E-state index in [1.165, 1.54) is 5.56 Å². The van der Waals surface area contributed by atoms with Gasteiger partial charge in [0.05, 0.1) is 19.3 Å². The molecular weight excluding hydrogens is 290 g/mol. The lowest BCUT2D eigenvalue weighted by Gasteiger charge is -2.32. The second-order valence-electron chi connectivity index (χ2n) is 7.18. The van der Waals surface area contributed by atoms with Crippen molar-refractivity contribution in [2.24, 2.45) is 0 Å². The summed E-state index contributed by atoms with van der Waals surface area (Å²) < 4.78 is 11.3. The van der Waals surface area contributed by atoms with E-state index in [-0.39, 0.29) is 11.5 Å². The van der Waals surface area contributed by atoms with Gasteiger partial charge in [-0.3, -0.25) is 4.90 Å². The minimum atomic E-state index is -0.0808. The molecule has 0 spiro atoms. The maximum Gasteiger partial charge on any atom is 0.240 e. The fourth-order valence-corrected chi connectivity index (χ4v) is 2.74. The van der Waals surface area contributed by atoms with Crippen molar-refractivity contribution in [1.82, 2.24) is 15.0 Å². The van der Waals surface area contributed by atoms with Gasteiger partial charge in [0.2, 0.25) is 5.89 Å². The van der Waals surface area contributed by atoms with E-state index in [2.05, 4.69) is 60.1 Å². The molecule has 0 aliphatic carbocycles. The van der Waals surface area contributed by atoms with Crippen LogP contribution in [0.2, 0.25) is 0 Å². The zero-order valence-corrected chi connectivity index (χ0v) is 14.2. The van der Waals surface area contributed by atoms with Crippen LogP contribution in [0.15, 0.2) is 34.9 Å². The van der Waals surface area contributed by atoms with Gasteiger partial charge in [0.1, 0.15) is 0 Å². The van der Waals surface area contributed by atoms with Crippen LogP contribution in [0.5, 0.6) is 0 Å². The molecule has 124 valence electrons. The van der Waals surface area contributed by atoms with E-state index in [1.807, 2.05) is 6.07 Å². The Bertz CT molecular complexity index is 619. The lowest BCUT2D eigenvalue weighted by atomic mass is 9.96. The highest BCUT2D eigenvalue weighted by molar-refractivity contribution is 5.15. The Morgan fingerprint density at radius 2 is 2.00 bits per heavy atom. The Kier molecular flexibility index (Phi) is 4.78. The van der Waals surface area contributed by atoms with Gasteiger partial charge in [-0.25, -0.2) is 0 Å². The van der Waals surface area contributed by atoms with Crippen molar-refractivity contribution in [2.75, 3.05) is 19.7 Å². The second kappa shape index (κ2) is 6.81. The van der Waals surface area contributed by atoms with E-state index in [9.17, 15) is 0 Å². The molecular formula is C18H25N3O2. The van der Waals surface area contributed by atoms with Crippen molar-refractivity contribution in [3.05, 3.63) is 47.6 Å². The summed E-state index contributed by atoms with van der Waals surface area (Å²) in [7, 11) is 0. The second-order valence-corrected chi connectivity index (χ2v) is 7.18. The molecule has 1 aliphatic heterocycles. The standard InChI is InChI=1S/C18H25N3O2/c1-18(2,3)17-19-16(23-20-17)13-21-9-10-22-15(12-21)11-14-7-5-4-6-8-14/h4-8,15H,9-13H2,1-3H3/t15-/m1/s1. The molecule has 5 heteroatoms. The predicted octanol–water partition coefficient (Wildman–Crippen LogP) is 2.81. The Hall–Kier alpha value is -1.72. The largest absolute Gasteiger partial charge is 0.375 e. The van der Waals surface area contributed by atoms with Crippen LogP contribution in [-0.4, -0.2) is 40.8 Å². The number of hydrogen-bond donors (Lipinski definition) is 0. The van der Waals surface area contributed by atoms with E-state index in [0.29, 0.717) is 12.4 Å². The van der Waals surface area contributed by atoms with Crippen LogP contribution in [0, 0.1) is 0 Å². The topological polar surface area (TPSA) is 51.4 Å². The van der Waals surface area contributed by atoms with Crippen LogP contribution in [0.4, 0.5) is 0 Å². The van der Waals surface area contributed by atoms with Gasteiger partial charge in [0.25, 0.3) is 0 Å². The third kappa shape index (κ3) is 4.39. The third-order valence-electron chi connectivity index (χ3n) is 4.03. The van der Waals surface area contributed by atoms with Crippen LogP contribution >= 0.6 is 0 Å². The number of morpholine rings is 1. The average molecular weight is 315 g/mol. The highest BCUT2D eigenvalue weighted by atomic mass is 16.5. The van der Waals surface area contributed by atoms with E-state index in [1.54, 1.807) is 0 Å². The Morgan fingerprint density at radius 1 is 1.22 bits per heavy atom. The molecule has 0 radical (unpaired) electrons. The summed E-state index contributed by atoms with van der Waals surface area (Å²) in [5.41, 5.74) is 1.23. The highest BCUT2D eigenvalue weighted by Crippen LogP contribution is 2.19.